The third-order valence-corrected chi connectivity index (χ3v) is 3.75. The summed E-state index contributed by atoms with van der Waals surface area (Å²) in [6.45, 7) is 1.66. The molecule has 5 heteroatoms. The van der Waals surface area contributed by atoms with Gasteiger partial charge in [0, 0.05) is 5.56 Å². The number of aliphatic hydroxyl groups is 1. The second-order valence-corrected chi connectivity index (χ2v) is 5.29. The Bertz CT molecular complexity index is 829. The Labute approximate surface area is 133 Å². The maximum atomic E-state index is 13.4. The van der Waals surface area contributed by atoms with Crippen LogP contribution in [0.4, 0.5) is 4.39 Å². The van der Waals surface area contributed by atoms with Crippen LogP contribution in [0.25, 0.3) is 11.3 Å². The normalized spacial score (nSPS) is 12.2. The van der Waals surface area contributed by atoms with Crippen LogP contribution in [0.2, 0.25) is 0 Å². The Hall–Kier alpha value is -2.66. The lowest BCUT2D eigenvalue weighted by atomic mass is 10.1. The molecule has 3 rings (SSSR count). The van der Waals surface area contributed by atoms with Crippen molar-refractivity contribution in [1.82, 2.24) is 9.97 Å². The highest BCUT2D eigenvalue weighted by molar-refractivity contribution is 5.66. The third-order valence-electron chi connectivity index (χ3n) is 3.75. The highest BCUT2D eigenvalue weighted by Gasteiger charge is 2.16. The number of aromatic amines is 1. The van der Waals surface area contributed by atoms with Crippen molar-refractivity contribution in [3.05, 3.63) is 71.4 Å². The van der Waals surface area contributed by atoms with Gasteiger partial charge >= 0.3 is 0 Å². The zero-order valence-corrected chi connectivity index (χ0v) is 12.9. The first-order valence-corrected chi connectivity index (χ1v) is 7.22. The van der Waals surface area contributed by atoms with Crippen LogP contribution in [0.1, 0.15) is 23.1 Å². The average Bonchev–Trinajstić information content (AvgIpc) is 3.06. The van der Waals surface area contributed by atoms with Crippen molar-refractivity contribution in [3.63, 3.8) is 0 Å². The van der Waals surface area contributed by atoms with Gasteiger partial charge in [-0.3, -0.25) is 0 Å². The molecule has 0 amide bonds. The van der Waals surface area contributed by atoms with E-state index in [9.17, 15) is 9.50 Å². The molecule has 23 heavy (non-hydrogen) atoms. The Morgan fingerprint density at radius 1 is 1.22 bits per heavy atom. The summed E-state index contributed by atoms with van der Waals surface area (Å²) in [6.07, 6.45) is 0.699. The fourth-order valence-electron chi connectivity index (χ4n) is 2.48. The third kappa shape index (κ3) is 2.96. The quantitative estimate of drug-likeness (QED) is 0.773. The molecule has 1 heterocycles. The number of aliphatic hydroxyl groups excluding tert-OH is 1. The molecule has 0 aliphatic rings. The molecule has 2 aromatic carbocycles. The number of aromatic nitrogens is 2. The van der Waals surface area contributed by atoms with E-state index in [1.54, 1.807) is 32.4 Å². The van der Waals surface area contributed by atoms with E-state index < -0.39 is 6.10 Å². The Kier molecular flexibility index (Phi) is 4.12. The number of imidazole rings is 1. The van der Waals surface area contributed by atoms with Crippen molar-refractivity contribution < 1.29 is 14.2 Å². The van der Waals surface area contributed by atoms with Crippen LogP contribution in [0, 0.1) is 12.7 Å². The summed E-state index contributed by atoms with van der Waals surface area (Å²) in [5.41, 5.74) is 2.68. The van der Waals surface area contributed by atoms with Gasteiger partial charge in [-0.1, -0.05) is 24.3 Å². The lowest BCUT2D eigenvalue weighted by Gasteiger charge is -2.10. The molecule has 0 bridgehead atoms. The molecule has 0 fully saturated rings. The van der Waals surface area contributed by atoms with Crippen molar-refractivity contribution >= 4 is 0 Å². The van der Waals surface area contributed by atoms with Crippen molar-refractivity contribution in [1.29, 1.82) is 0 Å². The number of benzene rings is 2. The molecule has 3 aromatic rings. The Morgan fingerprint density at radius 3 is 2.74 bits per heavy atom. The van der Waals surface area contributed by atoms with Crippen LogP contribution in [0.3, 0.4) is 0 Å². The summed E-state index contributed by atoms with van der Waals surface area (Å²) in [5.74, 6) is 0.821. The number of rotatable bonds is 4. The predicted molar refractivity (Wildman–Crippen MR) is 85.8 cm³/mol. The lowest BCUT2D eigenvalue weighted by molar-refractivity contribution is 0.211. The van der Waals surface area contributed by atoms with Crippen LogP contribution in [0.5, 0.6) is 5.75 Å². The standard InChI is InChI=1S/C18H17FN2O2/c1-11-9-12(7-8-14(11)19)17(22)18-20-10-15(21-18)13-5-3-4-6-16(13)23-2/h3-10,17,22H,1-2H3,(H,20,21). The number of aryl methyl sites for hydroxylation is 1. The molecule has 0 aliphatic heterocycles. The van der Waals surface area contributed by atoms with Gasteiger partial charge in [0.15, 0.2) is 0 Å². The predicted octanol–water partition coefficient (Wildman–Crippen LogP) is 3.61. The summed E-state index contributed by atoms with van der Waals surface area (Å²) < 4.78 is 18.7. The Morgan fingerprint density at radius 2 is 2.00 bits per heavy atom. The van der Waals surface area contributed by atoms with Gasteiger partial charge in [-0.25, -0.2) is 9.37 Å². The number of hydrogen-bond acceptors (Lipinski definition) is 3. The first-order valence-electron chi connectivity index (χ1n) is 7.22. The number of H-pyrrole nitrogens is 1. The highest BCUT2D eigenvalue weighted by atomic mass is 19.1. The molecule has 0 spiro atoms. The molecular weight excluding hydrogens is 295 g/mol. The zero-order valence-electron chi connectivity index (χ0n) is 12.9. The van der Waals surface area contributed by atoms with Gasteiger partial charge in [0.1, 0.15) is 23.5 Å². The molecule has 0 saturated heterocycles. The summed E-state index contributed by atoms with van der Waals surface area (Å²) in [7, 11) is 1.60. The largest absolute Gasteiger partial charge is 0.496 e. The van der Waals surface area contributed by atoms with E-state index in [0.29, 0.717) is 17.0 Å². The molecule has 0 saturated carbocycles. The van der Waals surface area contributed by atoms with E-state index >= 15 is 0 Å². The van der Waals surface area contributed by atoms with E-state index in [2.05, 4.69) is 9.97 Å². The summed E-state index contributed by atoms with van der Waals surface area (Å²) in [6, 6.07) is 12.1. The van der Waals surface area contributed by atoms with E-state index in [4.69, 9.17) is 4.74 Å². The van der Waals surface area contributed by atoms with Gasteiger partial charge < -0.3 is 14.8 Å². The summed E-state index contributed by atoms with van der Waals surface area (Å²) in [4.78, 5) is 7.34. The summed E-state index contributed by atoms with van der Waals surface area (Å²) in [5, 5.41) is 10.4. The second-order valence-electron chi connectivity index (χ2n) is 5.29. The lowest BCUT2D eigenvalue weighted by Crippen LogP contribution is -2.03. The average molecular weight is 312 g/mol. The molecule has 0 aliphatic carbocycles. The van der Waals surface area contributed by atoms with Crippen LogP contribution in [-0.2, 0) is 0 Å². The SMILES string of the molecule is COc1ccccc1-c1cnc(C(O)c2ccc(F)c(C)c2)[nH]1. The molecule has 118 valence electrons. The second kappa shape index (κ2) is 6.22. The fraction of sp³-hybridized carbons (Fsp3) is 0.167. The molecule has 1 aromatic heterocycles. The molecular formula is C18H17FN2O2. The van der Waals surface area contributed by atoms with E-state index in [1.165, 1.54) is 6.07 Å². The number of ether oxygens (including phenoxy) is 1. The van der Waals surface area contributed by atoms with Crippen molar-refractivity contribution in [2.75, 3.05) is 7.11 Å². The van der Waals surface area contributed by atoms with Crippen LogP contribution in [0.15, 0.2) is 48.7 Å². The maximum Gasteiger partial charge on any atom is 0.140 e. The minimum atomic E-state index is -0.947. The molecule has 4 nitrogen and oxygen atoms in total. The first-order chi connectivity index (χ1) is 11.1. The topological polar surface area (TPSA) is 58.1 Å². The first kappa shape index (κ1) is 15.2. The fourth-order valence-corrected chi connectivity index (χ4v) is 2.48. The smallest absolute Gasteiger partial charge is 0.140 e. The van der Waals surface area contributed by atoms with E-state index in [-0.39, 0.29) is 5.82 Å². The van der Waals surface area contributed by atoms with Gasteiger partial charge in [0.05, 0.1) is 19.0 Å². The number of nitrogens with zero attached hydrogens (tertiary/aromatic N) is 1. The van der Waals surface area contributed by atoms with Gasteiger partial charge in [-0.2, -0.15) is 0 Å². The van der Waals surface area contributed by atoms with E-state index in [0.717, 1.165) is 17.0 Å². The number of nitrogens with one attached hydrogen (secondary N) is 1. The molecule has 2 N–H and O–H groups in total. The molecule has 1 atom stereocenters. The summed E-state index contributed by atoms with van der Waals surface area (Å²) >= 11 is 0. The van der Waals surface area contributed by atoms with Crippen LogP contribution >= 0.6 is 0 Å². The van der Waals surface area contributed by atoms with Crippen LogP contribution in [-0.4, -0.2) is 22.2 Å². The van der Waals surface area contributed by atoms with Gasteiger partial charge in [-0.05, 0) is 36.2 Å². The Balaban J connectivity index is 1.93. The number of halogens is 1. The van der Waals surface area contributed by atoms with Crippen LogP contribution < -0.4 is 4.74 Å². The van der Waals surface area contributed by atoms with Gasteiger partial charge in [-0.15, -0.1) is 0 Å². The molecule has 0 radical (unpaired) electrons. The van der Waals surface area contributed by atoms with Crippen molar-refractivity contribution in [3.8, 4) is 17.0 Å². The highest BCUT2D eigenvalue weighted by Crippen LogP contribution is 2.30. The number of methoxy groups -OCH3 is 1. The molecule has 1 unspecified atom stereocenters. The van der Waals surface area contributed by atoms with Gasteiger partial charge in [0.25, 0.3) is 0 Å². The van der Waals surface area contributed by atoms with Crippen molar-refractivity contribution in [2.45, 2.75) is 13.0 Å². The van der Waals surface area contributed by atoms with Gasteiger partial charge in [0.2, 0.25) is 0 Å². The minimum Gasteiger partial charge on any atom is -0.496 e. The zero-order chi connectivity index (χ0) is 16.4. The number of hydrogen-bond donors (Lipinski definition) is 2. The van der Waals surface area contributed by atoms with Crippen molar-refractivity contribution in [2.24, 2.45) is 0 Å². The number of para-hydroxylation sites is 1. The minimum absolute atomic E-state index is 0.296. The monoisotopic (exact) mass is 312 g/mol. The van der Waals surface area contributed by atoms with E-state index in [1.807, 2.05) is 24.3 Å². The maximum absolute atomic E-state index is 13.4.